The Kier molecular flexibility index (Phi) is 30.7. The Morgan fingerprint density at radius 2 is 0.902 bits per heavy atom. The molecule has 0 spiro atoms. The summed E-state index contributed by atoms with van der Waals surface area (Å²) in [7, 11) is 0. The van der Waals surface area contributed by atoms with E-state index in [2.05, 4.69) is 52.5 Å². The van der Waals surface area contributed by atoms with Gasteiger partial charge in [-0.1, -0.05) is 24.3 Å². The van der Waals surface area contributed by atoms with E-state index >= 15 is 0 Å². The predicted octanol–water partition coefficient (Wildman–Crippen LogP) is -7.32. The Bertz CT molecular complexity index is 2510. The van der Waals surface area contributed by atoms with Gasteiger partial charge in [0.1, 0.15) is 59.8 Å². The highest BCUT2D eigenvalue weighted by Crippen LogP contribution is 2.15. The van der Waals surface area contributed by atoms with Gasteiger partial charge in [0, 0.05) is 32.4 Å². The van der Waals surface area contributed by atoms with E-state index in [0.29, 0.717) is 24.0 Å². The smallest absolute Gasteiger partial charge is 0.326 e. The maximum absolute atomic E-state index is 14.3. The molecule has 0 saturated carbocycles. The summed E-state index contributed by atoms with van der Waals surface area (Å²) in [4.78, 5) is 141. The summed E-state index contributed by atoms with van der Waals surface area (Å²) >= 11 is 0. The summed E-state index contributed by atoms with van der Waals surface area (Å²) in [5.74, 6) is -11.0. The molecule has 0 unspecified atom stereocenters. The number of benzene rings is 2. The number of aliphatic hydroxyl groups excluding tert-OH is 2. The van der Waals surface area contributed by atoms with Crippen LogP contribution >= 0.6 is 0 Å². The van der Waals surface area contributed by atoms with Gasteiger partial charge in [0.15, 0.2) is 11.9 Å². The van der Waals surface area contributed by atoms with Gasteiger partial charge in [-0.15, -0.1) is 0 Å². The second kappa shape index (κ2) is 36.4. The molecule has 2 rings (SSSR count). The number of rotatable bonds is 38. The molecule has 0 bridgehead atoms. The van der Waals surface area contributed by atoms with Crippen LogP contribution in [0.15, 0.2) is 58.5 Å². The molecule has 9 atom stereocenters. The van der Waals surface area contributed by atoms with Crippen LogP contribution in [0.4, 0.5) is 0 Å². The fraction of sp³-hybridized carbons (Fsp3) is 0.520. The van der Waals surface area contributed by atoms with Crippen LogP contribution in [0.2, 0.25) is 0 Å². The third-order valence-electron chi connectivity index (χ3n) is 12.1. The van der Waals surface area contributed by atoms with E-state index in [9.17, 15) is 73.5 Å². The number of unbranched alkanes of at least 4 members (excludes halogenated alkanes) is 1. The molecule has 9 amide bonds. The highest BCUT2D eigenvalue weighted by molar-refractivity contribution is 5.98. The number of carboxylic acid groups (broad SMARTS) is 1. The minimum Gasteiger partial charge on any atom is -0.508 e. The number of guanidine groups is 2. The number of phenols is 2. The van der Waals surface area contributed by atoms with Crippen LogP contribution in [0.25, 0.3) is 0 Å². The normalized spacial score (nSPS) is 14.2. The Labute approximate surface area is 472 Å². The number of nitrogens with one attached hydrogen (secondary N) is 8. The molecule has 32 nitrogen and oxygen atoms in total. The molecule has 0 saturated heterocycles. The number of hydrogen-bond donors (Lipinski definition) is 20. The van der Waals surface area contributed by atoms with Crippen LogP contribution < -0.4 is 82.7 Å². The highest BCUT2D eigenvalue weighted by Gasteiger charge is 2.34. The highest BCUT2D eigenvalue weighted by atomic mass is 16.4. The van der Waals surface area contributed by atoms with Gasteiger partial charge in [0.25, 0.3) is 0 Å². The van der Waals surface area contributed by atoms with Crippen molar-refractivity contribution in [2.24, 2.45) is 50.1 Å². The van der Waals surface area contributed by atoms with Crippen LogP contribution in [-0.4, -0.2) is 184 Å². The molecule has 27 N–H and O–H groups in total. The molecule has 0 radical (unpaired) electrons. The lowest BCUT2D eigenvalue weighted by atomic mass is 10.0. The number of aromatic hydroxyl groups is 2. The van der Waals surface area contributed by atoms with Crippen molar-refractivity contribution in [1.82, 2.24) is 42.5 Å². The number of carboxylic acids is 1. The molecule has 0 heterocycles. The average molecular weight is 1160 g/mol. The monoisotopic (exact) mass is 1160 g/mol. The number of amides is 9. The van der Waals surface area contributed by atoms with Crippen molar-refractivity contribution in [3.8, 4) is 11.5 Å². The molecule has 2 aromatic rings. The van der Waals surface area contributed by atoms with Gasteiger partial charge in [-0.3, -0.25) is 53.1 Å². The number of aliphatic carboxylic acids is 1. The molecular weight excluding hydrogens is 1080 g/mol. The summed E-state index contributed by atoms with van der Waals surface area (Å²) < 4.78 is 0. The topological polar surface area (TPSA) is 575 Å². The van der Waals surface area contributed by atoms with Crippen molar-refractivity contribution in [3.63, 3.8) is 0 Å². The number of hydrogen-bond acceptors (Lipinski definition) is 18. The van der Waals surface area contributed by atoms with Gasteiger partial charge in [0.05, 0.1) is 19.3 Å². The minimum atomic E-state index is -1.77. The molecule has 454 valence electrons. The maximum atomic E-state index is 14.3. The molecule has 0 fully saturated rings. The Balaban J connectivity index is 2.38. The maximum Gasteiger partial charge on any atom is 0.326 e. The third-order valence-corrected chi connectivity index (χ3v) is 12.1. The van der Waals surface area contributed by atoms with E-state index in [4.69, 9.17) is 40.1 Å². The van der Waals surface area contributed by atoms with E-state index in [1.165, 1.54) is 55.5 Å². The number of phenolic OH excluding ortho intramolecular Hbond substituents is 2. The molecule has 0 aliphatic heterocycles. The zero-order chi connectivity index (χ0) is 61.5. The van der Waals surface area contributed by atoms with E-state index in [1.807, 2.05) is 0 Å². The minimum absolute atomic E-state index is 0.0135. The second-order valence-corrected chi connectivity index (χ2v) is 18.9. The predicted molar refractivity (Wildman–Crippen MR) is 296 cm³/mol. The first kappa shape index (κ1) is 69.2. The van der Waals surface area contributed by atoms with Crippen molar-refractivity contribution in [1.29, 1.82) is 0 Å². The number of carbonyl (C=O) groups excluding carboxylic acids is 9. The van der Waals surface area contributed by atoms with Gasteiger partial charge < -0.3 is 108 Å². The van der Waals surface area contributed by atoms with Gasteiger partial charge in [-0.25, -0.2) is 4.79 Å². The number of primary amides is 1. The molecule has 82 heavy (non-hydrogen) atoms. The van der Waals surface area contributed by atoms with E-state index < -0.39 is 140 Å². The Hall–Kier alpha value is -8.88. The zero-order valence-corrected chi connectivity index (χ0v) is 45.4. The van der Waals surface area contributed by atoms with Crippen molar-refractivity contribution < 1.29 is 73.5 Å². The van der Waals surface area contributed by atoms with Crippen molar-refractivity contribution in [3.05, 3.63) is 59.7 Å². The lowest BCUT2D eigenvalue weighted by Gasteiger charge is -2.27. The second-order valence-electron chi connectivity index (χ2n) is 18.9. The molecule has 0 aromatic heterocycles. The SMILES string of the molecule is C[C@@H](O)[C@H](N)C(=O)N[C@@H](Cc1ccc(O)cc1)C(=O)N[C@@H](CCC(N)=O)C(=O)N[C@@H](CCCN=C(N)N)C(=O)N[C@@H](CCCN=C(N)N)C(=O)N[C@@H](CO)C(=O)NCC(=O)N[C@@H](CCCCN)C(=O)N[C@@H](Cc1ccc(O)cc1)C(=O)O. The quantitative estimate of drug-likeness (QED) is 0.0169. The lowest BCUT2D eigenvalue weighted by molar-refractivity contribution is -0.142. The van der Waals surface area contributed by atoms with Crippen LogP contribution in [0.5, 0.6) is 11.5 Å². The Morgan fingerprint density at radius 3 is 1.32 bits per heavy atom. The van der Waals surface area contributed by atoms with Crippen molar-refractivity contribution >= 4 is 71.1 Å². The fourth-order valence-corrected chi connectivity index (χ4v) is 7.59. The molecular formula is C50H79N17O15. The number of nitrogens with two attached hydrogens (primary N) is 7. The van der Waals surface area contributed by atoms with Crippen LogP contribution in [0, 0.1) is 0 Å². The molecule has 2 aromatic carbocycles. The number of nitrogens with zero attached hydrogens (tertiary/aromatic N) is 2. The van der Waals surface area contributed by atoms with E-state index in [0.717, 1.165) is 0 Å². The molecule has 32 heteroatoms. The number of aliphatic hydroxyl groups is 2. The largest absolute Gasteiger partial charge is 0.508 e. The van der Waals surface area contributed by atoms with Crippen LogP contribution in [0.3, 0.4) is 0 Å². The van der Waals surface area contributed by atoms with Gasteiger partial charge in [-0.05, 0) is 100 Å². The van der Waals surface area contributed by atoms with E-state index in [1.54, 1.807) is 0 Å². The first-order valence-corrected chi connectivity index (χ1v) is 26.1. The summed E-state index contributed by atoms with van der Waals surface area (Å²) in [5, 5.41) is 68.7. The summed E-state index contributed by atoms with van der Waals surface area (Å²) in [5.41, 5.74) is 39.6. The summed E-state index contributed by atoms with van der Waals surface area (Å²) in [6, 6.07) is -1.08. The lowest BCUT2D eigenvalue weighted by Crippen LogP contribution is -2.60. The first-order chi connectivity index (χ1) is 38.7. The van der Waals surface area contributed by atoms with E-state index in [-0.39, 0.29) is 88.0 Å². The third kappa shape index (κ3) is 26.9. The van der Waals surface area contributed by atoms with Gasteiger partial charge in [0.2, 0.25) is 53.2 Å². The standard InChI is InChI=1S/C50H79N17O15/c1-26(69)40(53)47(80)65-35(22-27-9-13-29(70)14-10-27)46(79)64-34(17-18-38(52)72)45(78)63-32(7-4-20-58-49(54)55)43(76)62-33(8-5-21-59-50(56)57)44(77)67-37(25-68)41(74)60-24-39(73)61-31(6-2-3-19-51)42(75)66-36(48(81)82)23-28-11-15-30(71)16-12-28/h9-16,26,31-37,40,68-71H,2-8,17-25,51,53H2,1H3,(H2,52,72)(H,60,74)(H,61,73)(H,62,76)(H,63,78)(H,64,79)(H,65,80)(H,66,75)(H,67,77)(H,81,82)(H4,54,55,58)(H4,56,57,59)/t26-,31+,32+,33+,34+,35+,36+,37+,40+/m1/s1. The van der Waals surface area contributed by atoms with Crippen LogP contribution in [0.1, 0.15) is 75.8 Å². The van der Waals surface area contributed by atoms with Gasteiger partial charge in [-0.2, -0.15) is 0 Å². The Morgan fingerprint density at radius 1 is 0.512 bits per heavy atom. The van der Waals surface area contributed by atoms with Gasteiger partial charge >= 0.3 is 5.97 Å². The average Bonchev–Trinajstić information content (AvgIpc) is 3.43. The summed E-state index contributed by atoms with van der Waals surface area (Å²) in [6.45, 7) is -0.517. The fourth-order valence-electron chi connectivity index (χ4n) is 7.59. The summed E-state index contributed by atoms with van der Waals surface area (Å²) in [6.07, 6.45) is -2.32. The molecule has 0 aliphatic rings. The first-order valence-electron chi connectivity index (χ1n) is 26.1. The number of aliphatic imine (C=N–C) groups is 2. The van der Waals surface area contributed by atoms with Crippen molar-refractivity contribution in [2.75, 3.05) is 32.8 Å². The zero-order valence-electron chi connectivity index (χ0n) is 45.4. The molecule has 0 aliphatic carbocycles. The van der Waals surface area contributed by atoms with Crippen LogP contribution in [-0.2, 0) is 60.8 Å². The number of carbonyl (C=O) groups is 10. The van der Waals surface area contributed by atoms with Crippen molar-refractivity contribution in [2.45, 2.75) is 132 Å².